The Kier molecular flexibility index (Phi) is 4.34. The van der Waals surface area contributed by atoms with Crippen molar-refractivity contribution in [2.75, 3.05) is 5.32 Å². The molecular formula is C16H10F4N2O2S. The molecule has 4 nitrogen and oxygen atoms in total. The van der Waals surface area contributed by atoms with E-state index in [0.29, 0.717) is 10.1 Å². The number of carbonyl (C=O) groups excluding carboxylic acids is 1. The van der Waals surface area contributed by atoms with Gasteiger partial charge in [-0.25, -0.2) is 4.39 Å². The number of hydrogen-bond acceptors (Lipinski definition) is 3. The molecule has 0 saturated carbocycles. The highest BCUT2D eigenvalue weighted by molar-refractivity contribution is 7.13. The summed E-state index contributed by atoms with van der Waals surface area (Å²) >= 11 is 0.937. The maximum Gasteiger partial charge on any atom is 0.416 e. The summed E-state index contributed by atoms with van der Waals surface area (Å²) in [6, 6.07) is 7.66. The second-order valence-electron chi connectivity index (χ2n) is 5.20. The van der Waals surface area contributed by atoms with Crippen LogP contribution in [0.2, 0.25) is 0 Å². The van der Waals surface area contributed by atoms with Crippen LogP contribution in [0.4, 0.5) is 23.2 Å². The number of rotatable bonds is 3. The van der Waals surface area contributed by atoms with E-state index < -0.39 is 29.0 Å². The van der Waals surface area contributed by atoms with E-state index in [-0.39, 0.29) is 12.2 Å². The minimum Gasteiger partial charge on any atom is -0.325 e. The first-order valence-electron chi connectivity index (χ1n) is 7.00. The molecule has 2 aromatic carbocycles. The zero-order valence-electron chi connectivity index (χ0n) is 12.4. The summed E-state index contributed by atoms with van der Waals surface area (Å²) in [5, 5.41) is 2.72. The van der Waals surface area contributed by atoms with E-state index in [1.807, 2.05) is 0 Å². The number of aromatic nitrogens is 1. The molecule has 1 amide bonds. The molecule has 130 valence electrons. The van der Waals surface area contributed by atoms with Gasteiger partial charge in [0, 0.05) is 5.69 Å². The molecule has 1 aromatic heterocycles. The maximum absolute atomic E-state index is 13.2. The van der Waals surface area contributed by atoms with Gasteiger partial charge < -0.3 is 5.32 Å². The van der Waals surface area contributed by atoms with E-state index in [1.165, 1.54) is 12.1 Å². The van der Waals surface area contributed by atoms with Gasteiger partial charge in [0.15, 0.2) is 0 Å². The lowest BCUT2D eigenvalue weighted by Gasteiger charge is -2.08. The van der Waals surface area contributed by atoms with Gasteiger partial charge in [0.25, 0.3) is 5.56 Å². The molecule has 1 heterocycles. The van der Waals surface area contributed by atoms with Gasteiger partial charge in [-0.1, -0.05) is 11.5 Å². The van der Waals surface area contributed by atoms with Gasteiger partial charge >= 0.3 is 6.18 Å². The molecule has 0 atom stereocenters. The van der Waals surface area contributed by atoms with Gasteiger partial charge in [0.05, 0.1) is 15.6 Å². The number of benzene rings is 2. The molecule has 0 unspecified atom stereocenters. The van der Waals surface area contributed by atoms with Gasteiger partial charge in [-0.05, 0) is 42.5 Å². The van der Waals surface area contributed by atoms with Crippen molar-refractivity contribution < 1.29 is 22.4 Å². The number of hydrogen-bond donors (Lipinski definition) is 1. The van der Waals surface area contributed by atoms with E-state index in [9.17, 15) is 27.2 Å². The first-order valence-corrected chi connectivity index (χ1v) is 7.78. The van der Waals surface area contributed by atoms with Gasteiger partial charge in [0.1, 0.15) is 12.4 Å². The third-order valence-corrected chi connectivity index (χ3v) is 4.44. The lowest BCUT2D eigenvalue weighted by atomic mass is 10.2. The molecule has 0 aliphatic rings. The Morgan fingerprint density at radius 3 is 2.44 bits per heavy atom. The van der Waals surface area contributed by atoms with Crippen LogP contribution >= 0.6 is 11.5 Å². The fourth-order valence-corrected chi connectivity index (χ4v) is 3.24. The highest BCUT2D eigenvalue weighted by atomic mass is 32.1. The second-order valence-corrected chi connectivity index (χ2v) is 6.26. The van der Waals surface area contributed by atoms with Gasteiger partial charge in [0.2, 0.25) is 5.91 Å². The van der Waals surface area contributed by atoms with E-state index in [4.69, 9.17) is 0 Å². The minimum atomic E-state index is -4.46. The molecule has 3 aromatic rings. The summed E-state index contributed by atoms with van der Waals surface area (Å²) in [7, 11) is 0. The highest BCUT2D eigenvalue weighted by Gasteiger charge is 2.30. The van der Waals surface area contributed by atoms with E-state index in [1.54, 1.807) is 0 Å². The summed E-state index contributed by atoms with van der Waals surface area (Å²) in [5.74, 6) is -1.07. The van der Waals surface area contributed by atoms with Crippen molar-refractivity contribution in [2.24, 2.45) is 0 Å². The van der Waals surface area contributed by atoms with Crippen molar-refractivity contribution in [1.82, 2.24) is 3.96 Å². The van der Waals surface area contributed by atoms with Crippen molar-refractivity contribution in [1.29, 1.82) is 0 Å². The zero-order chi connectivity index (χ0) is 18.2. The van der Waals surface area contributed by atoms with Crippen LogP contribution in [-0.2, 0) is 17.5 Å². The predicted octanol–water partition coefficient (Wildman–Crippen LogP) is 3.86. The number of fused-ring (bicyclic) bond motifs is 1. The summed E-state index contributed by atoms with van der Waals surface area (Å²) in [6.45, 7) is -0.319. The SMILES string of the molecule is O=C(Cn1sc2cc(F)ccc2c1=O)Nc1ccc(C(F)(F)F)cc1. The van der Waals surface area contributed by atoms with Crippen LogP contribution in [0.15, 0.2) is 47.3 Å². The van der Waals surface area contributed by atoms with Gasteiger partial charge in [-0.2, -0.15) is 13.2 Å². The fraction of sp³-hybridized carbons (Fsp3) is 0.125. The quantitative estimate of drug-likeness (QED) is 0.712. The maximum atomic E-state index is 13.2. The van der Waals surface area contributed by atoms with Crippen LogP contribution in [0.1, 0.15) is 5.56 Å². The minimum absolute atomic E-state index is 0.179. The molecular weight excluding hydrogens is 360 g/mol. The van der Waals surface area contributed by atoms with Crippen molar-refractivity contribution in [3.05, 3.63) is 64.2 Å². The predicted molar refractivity (Wildman–Crippen MR) is 86.1 cm³/mol. The Morgan fingerprint density at radius 1 is 1.12 bits per heavy atom. The molecule has 0 bridgehead atoms. The summed E-state index contributed by atoms with van der Waals surface area (Å²) in [4.78, 5) is 24.1. The fourth-order valence-electron chi connectivity index (χ4n) is 2.22. The van der Waals surface area contributed by atoms with Gasteiger partial charge in [-0.15, -0.1) is 0 Å². The number of carbonyl (C=O) groups is 1. The first kappa shape index (κ1) is 17.2. The van der Waals surface area contributed by atoms with Crippen LogP contribution in [0.25, 0.3) is 10.1 Å². The Morgan fingerprint density at radius 2 is 1.80 bits per heavy atom. The van der Waals surface area contributed by atoms with Crippen molar-refractivity contribution >= 4 is 33.2 Å². The molecule has 3 rings (SSSR count). The number of halogens is 4. The number of amides is 1. The van der Waals surface area contributed by atoms with Crippen LogP contribution in [-0.4, -0.2) is 9.86 Å². The molecule has 25 heavy (non-hydrogen) atoms. The van der Waals surface area contributed by atoms with E-state index in [2.05, 4.69) is 5.32 Å². The third-order valence-electron chi connectivity index (χ3n) is 3.39. The lowest BCUT2D eigenvalue weighted by Crippen LogP contribution is -2.23. The van der Waals surface area contributed by atoms with E-state index >= 15 is 0 Å². The lowest BCUT2D eigenvalue weighted by molar-refractivity contribution is -0.137. The van der Waals surface area contributed by atoms with Crippen molar-refractivity contribution in [3.63, 3.8) is 0 Å². The standard InChI is InChI=1S/C16H10F4N2O2S/c17-10-3-6-12-13(7-10)25-22(15(12)24)8-14(23)21-11-4-1-9(2-5-11)16(18,19)20/h1-7H,8H2,(H,21,23). The van der Waals surface area contributed by atoms with Crippen molar-refractivity contribution in [2.45, 2.75) is 12.7 Å². The molecule has 0 radical (unpaired) electrons. The van der Waals surface area contributed by atoms with E-state index in [0.717, 1.165) is 45.8 Å². The molecule has 0 aliphatic carbocycles. The van der Waals surface area contributed by atoms with Crippen LogP contribution in [0.5, 0.6) is 0 Å². The molecule has 1 N–H and O–H groups in total. The Hall–Kier alpha value is -2.68. The molecule has 0 fully saturated rings. The molecule has 9 heteroatoms. The number of nitrogens with one attached hydrogen (secondary N) is 1. The molecule has 0 aliphatic heterocycles. The normalized spacial score (nSPS) is 11.7. The largest absolute Gasteiger partial charge is 0.416 e. The number of nitrogens with zero attached hydrogens (tertiary/aromatic N) is 1. The Bertz CT molecular complexity index is 990. The molecule has 0 spiro atoms. The first-order chi connectivity index (χ1) is 11.7. The van der Waals surface area contributed by atoms with Crippen molar-refractivity contribution in [3.8, 4) is 0 Å². The van der Waals surface area contributed by atoms with Crippen LogP contribution < -0.4 is 10.9 Å². The highest BCUT2D eigenvalue weighted by Crippen LogP contribution is 2.29. The monoisotopic (exact) mass is 370 g/mol. The molecule has 0 saturated heterocycles. The Balaban J connectivity index is 1.75. The Labute approximate surface area is 142 Å². The second kappa shape index (κ2) is 6.32. The van der Waals surface area contributed by atoms with Crippen LogP contribution in [0, 0.1) is 5.82 Å². The average molecular weight is 370 g/mol. The van der Waals surface area contributed by atoms with Gasteiger partial charge in [-0.3, -0.25) is 13.5 Å². The van der Waals surface area contributed by atoms with Crippen LogP contribution in [0.3, 0.4) is 0 Å². The number of alkyl halides is 3. The number of anilines is 1. The summed E-state index contributed by atoms with van der Waals surface area (Å²) in [6.07, 6.45) is -4.46. The average Bonchev–Trinajstić information content (AvgIpc) is 2.82. The third kappa shape index (κ3) is 3.71. The summed E-state index contributed by atoms with van der Waals surface area (Å²) in [5.41, 5.74) is -1.07. The zero-order valence-corrected chi connectivity index (χ0v) is 13.2. The topological polar surface area (TPSA) is 51.1 Å². The smallest absolute Gasteiger partial charge is 0.325 e. The summed E-state index contributed by atoms with van der Waals surface area (Å²) < 4.78 is 52.2.